The highest BCUT2D eigenvalue weighted by molar-refractivity contribution is 7.99. The molecule has 2 aromatic carbocycles. The smallest absolute Gasteiger partial charge is 0.236 e. The molecule has 0 atom stereocenters. The zero-order valence-corrected chi connectivity index (χ0v) is 20.6. The van der Waals surface area contributed by atoms with Crippen LogP contribution in [0.25, 0.3) is 5.69 Å². The number of carbonyl (C=O) groups excluding carboxylic acids is 1. The Bertz CT molecular complexity index is 1400. The number of nitrogens with one attached hydrogen (secondary N) is 1. The van der Waals surface area contributed by atoms with Crippen LogP contribution in [0.4, 0.5) is 10.2 Å². The lowest BCUT2D eigenvalue weighted by Gasteiger charge is -2.13. The molecular weight excluding hydrogens is 463 g/mol. The fourth-order valence-corrected chi connectivity index (χ4v) is 4.77. The minimum absolute atomic E-state index is 0.0841. The lowest BCUT2D eigenvalue weighted by molar-refractivity contribution is -0.113. The second-order valence-electron chi connectivity index (χ2n) is 8.00. The van der Waals surface area contributed by atoms with Crippen LogP contribution >= 0.6 is 11.8 Å². The third kappa shape index (κ3) is 5.12. The molecule has 2 aromatic heterocycles. The van der Waals surface area contributed by atoms with Crippen LogP contribution in [0.2, 0.25) is 0 Å². The molecule has 1 N–H and O–H groups in total. The number of hydrogen-bond donors (Lipinski definition) is 1. The van der Waals surface area contributed by atoms with Crippen molar-refractivity contribution in [2.24, 2.45) is 0 Å². The summed E-state index contributed by atoms with van der Waals surface area (Å²) in [5.41, 5.74) is 3.51. The van der Waals surface area contributed by atoms with Crippen molar-refractivity contribution in [1.82, 2.24) is 19.3 Å². The largest absolute Gasteiger partial charge is 0.310 e. The number of aromatic nitrogens is 4. The zero-order valence-electron chi connectivity index (χ0n) is 19.7. The third-order valence-corrected chi connectivity index (χ3v) is 6.76. The van der Waals surface area contributed by atoms with Crippen molar-refractivity contribution < 1.29 is 9.18 Å². The summed E-state index contributed by atoms with van der Waals surface area (Å²) in [6.45, 7) is 6.34. The van der Waals surface area contributed by atoms with Crippen LogP contribution in [0.5, 0.6) is 0 Å². The van der Waals surface area contributed by atoms with Crippen molar-refractivity contribution in [3.8, 4) is 11.8 Å². The second kappa shape index (κ2) is 10.6. The molecule has 35 heavy (non-hydrogen) atoms. The fourth-order valence-electron chi connectivity index (χ4n) is 3.95. The molecule has 7 nitrogen and oxygen atoms in total. The van der Waals surface area contributed by atoms with Crippen LogP contribution in [0.1, 0.15) is 35.1 Å². The molecule has 0 radical (unpaired) electrons. The van der Waals surface area contributed by atoms with E-state index < -0.39 is 5.82 Å². The maximum atomic E-state index is 13.9. The Hall–Kier alpha value is -3.90. The van der Waals surface area contributed by atoms with Gasteiger partial charge in [-0.1, -0.05) is 48.2 Å². The Balaban J connectivity index is 1.53. The summed E-state index contributed by atoms with van der Waals surface area (Å²) in [6, 6.07) is 18.3. The molecule has 4 aromatic rings. The van der Waals surface area contributed by atoms with Gasteiger partial charge in [0.05, 0.1) is 17.0 Å². The van der Waals surface area contributed by atoms with Gasteiger partial charge in [0, 0.05) is 18.7 Å². The number of hydrogen-bond acceptors (Lipinski definition) is 5. The standard InChI is InChI=1S/C26H25FN6OS/c1-4-32-23(13-19-9-6-5-7-10-19)30-31-26(32)35-16-24(34)29-25-22(15-28)17(2)18(3)33(25)21-12-8-11-20(27)14-21/h5-12,14H,4,13,16H2,1-3H3,(H,29,34). The summed E-state index contributed by atoms with van der Waals surface area (Å²) in [5.74, 6) is 0.558. The minimum atomic E-state index is -0.398. The molecule has 0 saturated carbocycles. The maximum absolute atomic E-state index is 13.9. The number of anilines is 1. The molecule has 0 aliphatic rings. The van der Waals surface area contributed by atoms with Crippen molar-refractivity contribution >= 4 is 23.5 Å². The molecule has 0 bridgehead atoms. The first-order valence-electron chi connectivity index (χ1n) is 11.2. The Morgan fingerprint density at radius 3 is 2.60 bits per heavy atom. The first kappa shape index (κ1) is 24.2. The number of thioether (sulfide) groups is 1. The van der Waals surface area contributed by atoms with E-state index in [-0.39, 0.29) is 11.7 Å². The maximum Gasteiger partial charge on any atom is 0.236 e. The minimum Gasteiger partial charge on any atom is -0.310 e. The fraction of sp³-hybridized carbons (Fsp3) is 0.231. The average molecular weight is 489 g/mol. The first-order valence-corrected chi connectivity index (χ1v) is 12.2. The summed E-state index contributed by atoms with van der Waals surface area (Å²) in [4.78, 5) is 12.9. The lowest BCUT2D eigenvalue weighted by Crippen LogP contribution is -2.18. The van der Waals surface area contributed by atoms with Crippen molar-refractivity contribution in [3.63, 3.8) is 0 Å². The molecule has 0 spiro atoms. The summed E-state index contributed by atoms with van der Waals surface area (Å²) < 4.78 is 17.6. The van der Waals surface area contributed by atoms with Crippen LogP contribution < -0.4 is 5.32 Å². The third-order valence-electron chi connectivity index (χ3n) is 5.80. The van der Waals surface area contributed by atoms with E-state index in [1.807, 2.05) is 55.7 Å². The number of benzene rings is 2. The van der Waals surface area contributed by atoms with Gasteiger partial charge in [-0.15, -0.1) is 10.2 Å². The molecule has 178 valence electrons. The van der Waals surface area contributed by atoms with Crippen LogP contribution in [0, 0.1) is 31.0 Å². The Morgan fingerprint density at radius 2 is 1.91 bits per heavy atom. The SMILES string of the molecule is CCn1c(Cc2ccccc2)nnc1SCC(=O)Nc1c(C#N)c(C)c(C)n1-c1cccc(F)c1. The Kier molecular flexibility index (Phi) is 7.32. The number of amides is 1. The molecular formula is C26H25FN6OS. The topological polar surface area (TPSA) is 88.5 Å². The summed E-state index contributed by atoms with van der Waals surface area (Å²) >= 11 is 1.28. The predicted octanol–water partition coefficient (Wildman–Crippen LogP) is 5.04. The van der Waals surface area contributed by atoms with E-state index in [0.717, 1.165) is 22.6 Å². The molecule has 0 aliphatic carbocycles. The molecule has 1 amide bonds. The monoisotopic (exact) mass is 488 g/mol. The Labute approximate surface area is 207 Å². The summed E-state index contributed by atoms with van der Waals surface area (Å²) in [7, 11) is 0. The molecule has 4 rings (SSSR count). The van der Waals surface area contributed by atoms with E-state index in [9.17, 15) is 14.4 Å². The van der Waals surface area contributed by atoms with E-state index in [2.05, 4.69) is 21.6 Å². The molecule has 0 unspecified atom stereocenters. The van der Waals surface area contributed by atoms with Gasteiger partial charge < -0.3 is 9.88 Å². The van der Waals surface area contributed by atoms with Gasteiger partial charge in [0.1, 0.15) is 23.5 Å². The van der Waals surface area contributed by atoms with E-state index in [1.54, 1.807) is 16.7 Å². The quantitative estimate of drug-likeness (QED) is 0.351. The predicted molar refractivity (Wildman–Crippen MR) is 134 cm³/mol. The van der Waals surface area contributed by atoms with Gasteiger partial charge >= 0.3 is 0 Å². The first-order chi connectivity index (χ1) is 16.9. The average Bonchev–Trinajstić information content (AvgIpc) is 3.35. The second-order valence-corrected chi connectivity index (χ2v) is 8.95. The number of nitrogens with zero attached hydrogens (tertiary/aromatic N) is 5. The van der Waals surface area contributed by atoms with Gasteiger partial charge in [-0.25, -0.2) is 4.39 Å². The van der Waals surface area contributed by atoms with Gasteiger partial charge in [-0.05, 0) is 50.1 Å². The van der Waals surface area contributed by atoms with E-state index in [4.69, 9.17) is 0 Å². The van der Waals surface area contributed by atoms with Crippen LogP contribution in [0.3, 0.4) is 0 Å². The number of rotatable bonds is 8. The normalized spacial score (nSPS) is 10.8. The highest BCUT2D eigenvalue weighted by Gasteiger charge is 2.21. The molecule has 0 saturated heterocycles. The van der Waals surface area contributed by atoms with Gasteiger partial charge in [-0.2, -0.15) is 5.26 Å². The number of halogens is 1. The van der Waals surface area contributed by atoms with Gasteiger partial charge in [-0.3, -0.25) is 9.36 Å². The Morgan fingerprint density at radius 1 is 1.14 bits per heavy atom. The number of carbonyl (C=O) groups is 1. The van der Waals surface area contributed by atoms with Crippen molar-refractivity contribution in [1.29, 1.82) is 5.26 Å². The van der Waals surface area contributed by atoms with Crippen molar-refractivity contribution in [2.75, 3.05) is 11.1 Å². The van der Waals surface area contributed by atoms with E-state index in [1.165, 1.54) is 23.9 Å². The zero-order chi connectivity index (χ0) is 24.9. The van der Waals surface area contributed by atoms with Crippen LogP contribution in [0.15, 0.2) is 59.8 Å². The molecule has 0 aliphatic heterocycles. The summed E-state index contributed by atoms with van der Waals surface area (Å²) in [5, 5.41) is 21.9. The van der Waals surface area contributed by atoms with Gasteiger partial charge in [0.15, 0.2) is 5.16 Å². The van der Waals surface area contributed by atoms with E-state index in [0.29, 0.717) is 35.2 Å². The summed E-state index contributed by atoms with van der Waals surface area (Å²) in [6.07, 6.45) is 0.652. The van der Waals surface area contributed by atoms with Crippen LogP contribution in [-0.2, 0) is 17.8 Å². The molecule has 0 fully saturated rings. The van der Waals surface area contributed by atoms with Crippen molar-refractivity contribution in [2.45, 2.75) is 38.9 Å². The highest BCUT2D eigenvalue weighted by Crippen LogP contribution is 2.30. The van der Waals surface area contributed by atoms with Crippen molar-refractivity contribution in [3.05, 3.63) is 88.6 Å². The highest BCUT2D eigenvalue weighted by atomic mass is 32.2. The van der Waals surface area contributed by atoms with E-state index >= 15 is 0 Å². The van der Waals surface area contributed by atoms with Gasteiger partial charge in [0.2, 0.25) is 5.91 Å². The molecule has 2 heterocycles. The van der Waals surface area contributed by atoms with Gasteiger partial charge in [0.25, 0.3) is 0 Å². The number of nitriles is 1. The molecule has 9 heteroatoms. The lowest BCUT2D eigenvalue weighted by atomic mass is 10.1. The van der Waals surface area contributed by atoms with Crippen LogP contribution in [-0.4, -0.2) is 31.0 Å².